The van der Waals surface area contributed by atoms with E-state index in [0.29, 0.717) is 0 Å². The summed E-state index contributed by atoms with van der Waals surface area (Å²) in [6.07, 6.45) is 4.45. The molecule has 0 saturated heterocycles. The summed E-state index contributed by atoms with van der Waals surface area (Å²) in [5.41, 5.74) is 0. The van der Waals surface area contributed by atoms with Crippen molar-refractivity contribution < 1.29 is 0 Å². The molecule has 0 aliphatic heterocycles. The van der Waals surface area contributed by atoms with Crippen LogP contribution in [0.4, 0.5) is 0 Å². The second-order valence-corrected chi connectivity index (χ2v) is 1.91. The molecule has 0 nitrogen and oxygen atoms in total. The Balaban J connectivity index is 2.83. The maximum atomic E-state index is 3.72. The molecule has 0 heteroatoms. The molecule has 0 aromatic carbocycles. The average Bonchev–Trinajstić information content (AvgIpc) is 1.68. The third-order valence-electron chi connectivity index (χ3n) is 1.21. The minimum Gasteiger partial charge on any atom is -0.0651 e. The van der Waals surface area contributed by atoms with E-state index in [1.807, 2.05) is 0 Å². The van der Waals surface area contributed by atoms with E-state index in [-0.39, 0.29) is 0 Å². The van der Waals surface area contributed by atoms with Crippen molar-refractivity contribution in [3.05, 3.63) is 13.3 Å². The Bertz CT molecular complexity index is 31.0. The normalized spacial score (nSPS) is 14.1. The number of rotatable bonds is 3. The summed E-state index contributed by atoms with van der Waals surface area (Å²) in [5.74, 6) is 0.762. The van der Waals surface area contributed by atoms with Gasteiger partial charge in [-0.2, -0.15) is 0 Å². The summed E-state index contributed by atoms with van der Waals surface area (Å²) in [5, 5.41) is 0. The molecule has 2 radical (unpaired) electrons. The second-order valence-electron chi connectivity index (χ2n) is 1.91. The van der Waals surface area contributed by atoms with Gasteiger partial charge in [-0.3, -0.25) is 0 Å². The Hall–Kier alpha value is 0. The highest BCUT2D eigenvalue weighted by Crippen LogP contribution is 2.05. The second kappa shape index (κ2) is 4.17. The van der Waals surface area contributed by atoms with Gasteiger partial charge in [-0.15, -0.1) is 0 Å². The molecule has 1 unspecified atom stereocenters. The van der Waals surface area contributed by atoms with Crippen molar-refractivity contribution in [2.45, 2.75) is 26.7 Å². The Morgan fingerprint density at radius 3 is 2.43 bits per heavy atom. The first-order valence-corrected chi connectivity index (χ1v) is 2.93. The molecular formula is C7H14. The van der Waals surface area contributed by atoms with E-state index in [1.165, 1.54) is 6.42 Å². The molecule has 0 spiro atoms. The highest BCUT2D eigenvalue weighted by Gasteiger charge is 1.93. The van der Waals surface area contributed by atoms with Crippen molar-refractivity contribution in [3.63, 3.8) is 0 Å². The average molecular weight is 98.2 g/mol. The molecule has 42 valence electrons. The summed E-state index contributed by atoms with van der Waals surface area (Å²) in [4.78, 5) is 0. The van der Waals surface area contributed by atoms with Crippen LogP contribution in [-0.4, -0.2) is 0 Å². The maximum Gasteiger partial charge on any atom is -0.0358 e. The fourth-order valence-electron chi connectivity index (χ4n) is 0.451. The van der Waals surface area contributed by atoms with Crippen LogP contribution in [-0.2, 0) is 0 Å². The highest BCUT2D eigenvalue weighted by atomic mass is 14.0. The maximum absolute atomic E-state index is 3.72. The van der Waals surface area contributed by atoms with Gasteiger partial charge in [0, 0.05) is 0 Å². The molecule has 0 saturated carbocycles. The van der Waals surface area contributed by atoms with Crippen LogP contribution < -0.4 is 0 Å². The van der Waals surface area contributed by atoms with Crippen LogP contribution >= 0.6 is 0 Å². The smallest absolute Gasteiger partial charge is 0.0358 e. The molecule has 0 bridgehead atoms. The van der Waals surface area contributed by atoms with Gasteiger partial charge in [-0.05, 0) is 18.8 Å². The topological polar surface area (TPSA) is 0 Å². The largest absolute Gasteiger partial charge is 0.0651 e. The van der Waals surface area contributed by atoms with Crippen LogP contribution in [0, 0.1) is 19.3 Å². The van der Waals surface area contributed by atoms with Gasteiger partial charge in [0.2, 0.25) is 0 Å². The predicted octanol–water partition coefficient (Wildman–Crippen LogP) is 2.46. The van der Waals surface area contributed by atoms with Gasteiger partial charge < -0.3 is 0 Å². The van der Waals surface area contributed by atoms with Crippen molar-refractivity contribution >= 4 is 0 Å². The van der Waals surface area contributed by atoms with Gasteiger partial charge in [-0.1, -0.05) is 27.2 Å². The standard InChI is InChI=1S/C7H14/c1-4-6-7(3)5-2/h6-7H,1,4-5H2,2-3H3. The molecule has 0 aromatic rings. The SMILES string of the molecule is [CH2]C[CH]C(C)CC. The first-order chi connectivity index (χ1) is 3.31. The van der Waals surface area contributed by atoms with E-state index < -0.39 is 0 Å². The van der Waals surface area contributed by atoms with Crippen LogP contribution in [0.3, 0.4) is 0 Å². The van der Waals surface area contributed by atoms with Crippen LogP contribution in [0.5, 0.6) is 0 Å². The molecule has 0 N–H and O–H groups in total. The van der Waals surface area contributed by atoms with Crippen molar-refractivity contribution in [1.82, 2.24) is 0 Å². The molecule has 1 atom stereocenters. The minimum atomic E-state index is 0.762. The molecule has 0 fully saturated rings. The van der Waals surface area contributed by atoms with Gasteiger partial charge in [0.05, 0.1) is 0 Å². The number of hydrogen-bond acceptors (Lipinski definition) is 0. The van der Waals surface area contributed by atoms with E-state index in [4.69, 9.17) is 0 Å². The quantitative estimate of drug-likeness (QED) is 0.508. The molecular weight excluding hydrogens is 84.1 g/mol. The van der Waals surface area contributed by atoms with Crippen molar-refractivity contribution in [2.24, 2.45) is 5.92 Å². The lowest BCUT2D eigenvalue weighted by molar-refractivity contribution is 0.634. The zero-order valence-corrected chi connectivity index (χ0v) is 5.28. The minimum absolute atomic E-state index is 0.762. The van der Waals surface area contributed by atoms with Gasteiger partial charge in [0.25, 0.3) is 0 Å². The first kappa shape index (κ1) is 7.00. The van der Waals surface area contributed by atoms with E-state index in [1.54, 1.807) is 0 Å². The number of hydrogen-bond donors (Lipinski definition) is 0. The van der Waals surface area contributed by atoms with E-state index in [2.05, 4.69) is 27.2 Å². The van der Waals surface area contributed by atoms with Gasteiger partial charge >= 0.3 is 0 Å². The Morgan fingerprint density at radius 1 is 1.71 bits per heavy atom. The van der Waals surface area contributed by atoms with Gasteiger partial charge in [-0.25, -0.2) is 0 Å². The lowest BCUT2D eigenvalue weighted by atomic mass is 10.0. The van der Waals surface area contributed by atoms with E-state index in [0.717, 1.165) is 12.3 Å². The summed E-state index contributed by atoms with van der Waals surface area (Å²) < 4.78 is 0. The zero-order chi connectivity index (χ0) is 5.70. The Morgan fingerprint density at radius 2 is 2.29 bits per heavy atom. The third kappa shape index (κ3) is 3.84. The lowest BCUT2D eigenvalue weighted by Gasteiger charge is -2.01. The molecule has 0 heterocycles. The molecule has 7 heavy (non-hydrogen) atoms. The summed E-state index contributed by atoms with van der Waals surface area (Å²) in [6.45, 7) is 8.12. The zero-order valence-electron chi connectivity index (χ0n) is 5.28. The Labute approximate surface area is 46.9 Å². The van der Waals surface area contributed by atoms with Crippen LogP contribution in [0.1, 0.15) is 26.7 Å². The fraction of sp³-hybridized carbons (Fsp3) is 0.714. The Kier molecular flexibility index (Phi) is 4.17. The molecule has 0 aliphatic rings. The molecule has 0 rings (SSSR count). The monoisotopic (exact) mass is 98.1 g/mol. The van der Waals surface area contributed by atoms with Gasteiger partial charge in [0.1, 0.15) is 0 Å². The van der Waals surface area contributed by atoms with Crippen LogP contribution in [0.2, 0.25) is 0 Å². The fourth-order valence-corrected chi connectivity index (χ4v) is 0.451. The van der Waals surface area contributed by atoms with Crippen molar-refractivity contribution in [2.75, 3.05) is 0 Å². The van der Waals surface area contributed by atoms with Crippen LogP contribution in [0.25, 0.3) is 0 Å². The molecule has 0 amide bonds. The summed E-state index contributed by atoms with van der Waals surface area (Å²) in [7, 11) is 0. The third-order valence-corrected chi connectivity index (χ3v) is 1.21. The highest BCUT2D eigenvalue weighted by molar-refractivity contribution is 4.71. The van der Waals surface area contributed by atoms with Gasteiger partial charge in [0.15, 0.2) is 0 Å². The van der Waals surface area contributed by atoms with E-state index in [9.17, 15) is 0 Å². The molecule has 0 aliphatic carbocycles. The summed E-state index contributed by atoms with van der Waals surface area (Å²) >= 11 is 0. The lowest BCUT2D eigenvalue weighted by Crippen LogP contribution is -1.89. The van der Waals surface area contributed by atoms with Crippen LogP contribution in [0.15, 0.2) is 0 Å². The van der Waals surface area contributed by atoms with E-state index >= 15 is 0 Å². The first-order valence-electron chi connectivity index (χ1n) is 2.93. The molecule has 0 aromatic heterocycles. The van der Waals surface area contributed by atoms with Crippen molar-refractivity contribution in [1.29, 1.82) is 0 Å². The predicted molar refractivity (Wildman–Crippen MR) is 33.7 cm³/mol. The summed E-state index contributed by atoms with van der Waals surface area (Å²) in [6, 6.07) is 0. The van der Waals surface area contributed by atoms with Crippen molar-refractivity contribution in [3.8, 4) is 0 Å².